The normalized spacial score (nSPS) is 26.1. The molecule has 0 bridgehead atoms. The van der Waals surface area contributed by atoms with Crippen LogP contribution in [0.2, 0.25) is 0 Å². The summed E-state index contributed by atoms with van der Waals surface area (Å²) in [7, 11) is 1.80. The van der Waals surface area contributed by atoms with E-state index in [0.29, 0.717) is 18.6 Å². The number of methoxy groups -OCH3 is 1. The maximum atomic E-state index is 11.8. The predicted octanol–water partition coefficient (Wildman–Crippen LogP) is 3.18. The number of ether oxygens (including phenoxy) is 1. The van der Waals surface area contributed by atoms with Gasteiger partial charge in [0, 0.05) is 31.5 Å². The van der Waals surface area contributed by atoms with Crippen molar-refractivity contribution in [1.29, 1.82) is 0 Å². The molecule has 1 aliphatic heterocycles. The lowest BCUT2D eigenvalue weighted by Crippen LogP contribution is -2.37. The minimum absolute atomic E-state index is 0.238. The fraction of sp³-hybridized carbons (Fsp3) is 0.588. The monoisotopic (exact) mass is 288 g/mol. The van der Waals surface area contributed by atoms with Crippen LogP contribution in [0, 0.1) is 0 Å². The molecule has 2 aliphatic rings. The van der Waals surface area contributed by atoms with Gasteiger partial charge in [-0.3, -0.25) is 4.79 Å². The molecule has 2 atom stereocenters. The fourth-order valence-electron chi connectivity index (χ4n) is 3.42. The predicted molar refractivity (Wildman–Crippen MR) is 84.7 cm³/mol. The Labute approximate surface area is 126 Å². The molecule has 1 saturated heterocycles. The van der Waals surface area contributed by atoms with E-state index in [0.717, 1.165) is 37.2 Å². The third-order valence-electron chi connectivity index (χ3n) is 4.61. The summed E-state index contributed by atoms with van der Waals surface area (Å²) in [5.74, 6) is 0.238. The van der Waals surface area contributed by atoms with Gasteiger partial charge in [-0.05, 0) is 43.5 Å². The highest BCUT2D eigenvalue weighted by Gasteiger charge is 2.25. The van der Waals surface area contributed by atoms with Crippen molar-refractivity contribution in [3.05, 3.63) is 24.3 Å². The van der Waals surface area contributed by atoms with Crippen LogP contribution >= 0.6 is 0 Å². The quantitative estimate of drug-likeness (QED) is 0.925. The Balaban J connectivity index is 1.65. The van der Waals surface area contributed by atoms with E-state index in [2.05, 4.69) is 17.4 Å². The van der Waals surface area contributed by atoms with E-state index >= 15 is 0 Å². The second-order valence-electron chi connectivity index (χ2n) is 6.01. The highest BCUT2D eigenvalue weighted by atomic mass is 16.5. The smallest absolute Gasteiger partial charge is 0.227 e. The molecule has 0 spiro atoms. The van der Waals surface area contributed by atoms with Crippen LogP contribution in [-0.2, 0) is 9.53 Å². The average molecular weight is 288 g/mol. The molecule has 2 fully saturated rings. The van der Waals surface area contributed by atoms with Gasteiger partial charge in [-0.1, -0.05) is 12.8 Å². The Hall–Kier alpha value is -1.55. The van der Waals surface area contributed by atoms with E-state index in [-0.39, 0.29) is 5.91 Å². The number of nitrogens with one attached hydrogen (secondary N) is 1. The van der Waals surface area contributed by atoms with Crippen molar-refractivity contribution in [2.24, 2.45) is 0 Å². The summed E-state index contributed by atoms with van der Waals surface area (Å²) in [5, 5.41) is 3.58. The van der Waals surface area contributed by atoms with Crippen molar-refractivity contribution in [1.82, 2.24) is 0 Å². The lowest BCUT2D eigenvalue weighted by molar-refractivity contribution is -0.117. The van der Waals surface area contributed by atoms with E-state index in [4.69, 9.17) is 4.74 Å². The Kier molecular flexibility index (Phi) is 4.44. The largest absolute Gasteiger partial charge is 0.380 e. The van der Waals surface area contributed by atoms with Gasteiger partial charge in [-0.2, -0.15) is 0 Å². The number of rotatable bonds is 4. The molecule has 1 aromatic carbocycles. The summed E-state index contributed by atoms with van der Waals surface area (Å²) in [6, 6.07) is 8.61. The van der Waals surface area contributed by atoms with E-state index in [1.165, 1.54) is 12.8 Å². The molecule has 1 amide bonds. The summed E-state index contributed by atoms with van der Waals surface area (Å²) in [6.45, 7) is 0.847. The molecule has 1 aliphatic carbocycles. The maximum Gasteiger partial charge on any atom is 0.227 e. The number of nitrogens with zero attached hydrogens (tertiary/aromatic N) is 1. The molecule has 21 heavy (non-hydrogen) atoms. The van der Waals surface area contributed by atoms with Crippen molar-refractivity contribution in [3.63, 3.8) is 0 Å². The number of carbonyl (C=O) groups is 1. The van der Waals surface area contributed by atoms with Crippen LogP contribution in [0.3, 0.4) is 0 Å². The topological polar surface area (TPSA) is 41.6 Å². The second-order valence-corrected chi connectivity index (χ2v) is 6.01. The van der Waals surface area contributed by atoms with Crippen molar-refractivity contribution in [3.8, 4) is 0 Å². The van der Waals surface area contributed by atoms with Gasteiger partial charge in [-0.15, -0.1) is 0 Å². The molecule has 0 aromatic heterocycles. The summed E-state index contributed by atoms with van der Waals surface area (Å²) in [6.07, 6.45) is 6.76. The van der Waals surface area contributed by atoms with Crippen molar-refractivity contribution >= 4 is 17.3 Å². The fourth-order valence-corrected chi connectivity index (χ4v) is 3.42. The van der Waals surface area contributed by atoms with Crippen LogP contribution in [0.25, 0.3) is 0 Å². The lowest BCUT2D eigenvalue weighted by atomic mass is 9.92. The number of hydrogen-bond acceptors (Lipinski definition) is 3. The molecular weight excluding hydrogens is 264 g/mol. The number of hydrogen-bond donors (Lipinski definition) is 1. The molecule has 1 aromatic rings. The zero-order chi connectivity index (χ0) is 14.7. The Morgan fingerprint density at radius 2 is 1.90 bits per heavy atom. The summed E-state index contributed by atoms with van der Waals surface area (Å²) >= 11 is 0. The van der Waals surface area contributed by atoms with Crippen molar-refractivity contribution in [2.75, 3.05) is 23.9 Å². The number of carbonyl (C=O) groups excluding carboxylic acids is 1. The van der Waals surface area contributed by atoms with Crippen LogP contribution in [0.5, 0.6) is 0 Å². The lowest BCUT2D eigenvalue weighted by Gasteiger charge is -2.32. The highest BCUT2D eigenvalue weighted by molar-refractivity contribution is 5.95. The van der Waals surface area contributed by atoms with E-state index in [9.17, 15) is 4.79 Å². The van der Waals surface area contributed by atoms with Gasteiger partial charge in [0.15, 0.2) is 0 Å². The number of benzene rings is 1. The first-order valence-corrected chi connectivity index (χ1v) is 7.97. The number of anilines is 2. The molecule has 1 saturated carbocycles. The third kappa shape index (κ3) is 3.21. The molecule has 1 heterocycles. The minimum Gasteiger partial charge on any atom is -0.380 e. The molecule has 4 heteroatoms. The Bertz CT molecular complexity index is 486. The van der Waals surface area contributed by atoms with Crippen LogP contribution in [0.1, 0.15) is 38.5 Å². The summed E-state index contributed by atoms with van der Waals surface area (Å²) < 4.78 is 5.58. The Morgan fingerprint density at radius 1 is 1.14 bits per heavy atom. The number of amides is 1. The third-order valence-corrected chi connectivity index (χ3v) is 4.61. The average Bonchev–Trinajstić information content (AvgIpc) is 2.95. The van der Waals surface area contributed by atoms with Crippen molar-refractivity contribution in [2.45, 2.75) is 50.7 Å². The van der Waals surface area contributed by atoms with Gasteiger partial charge in [0.25, 0.3) is 0 Å². The van der Waals surface area contributed by atoms with Crippen LogP contribution in [0.15, 0.2) is 24.3 Å². The molecule has 3 rings (SSSR count). The maximum absolute atomic E-state index is 11.8. The first-order valence-electron chi connectivity index (χ1n) is 7.97. The zero-order valence-electron chi connectivity index (χ0n) is 12.7. The van der Waals surface area contributed by atoms with Gasteiger partial charge < -0.3 is 15.0 Å². The minimum atomic E-state index is 0.238. The SMILES string of the molecule is COC1CCCCC1Nc1ccc(N2CCCC2=O)cc1. The van der Waals surface area contributed by atoms with Gasteiger partial charge >= 0.3 is 0 Å². The second kappa shape index (κ2) is 6.48. The van der Waals surface area contributed by atoms with Gasteiger partial charge in [0.2, 0.25) is 5.91 Å². The molecule has 114 valence electrons. The van der Waals surface area contributed by atoms with Gasteiger partial charge in [0.1, 0.15) is 0 Å². The first-order chi connectivity index (χ1) is 10.3. The summed E-state index contributed by atoms with van der Waals surface area (Å²) in [5.41, 5.74) is 2.12. The molecule has 0 radical (unpaired) electrons. The zero-order valence-corrected chi connectivity index (χ0v) is 12.7. The van der Waals surface area contributed by atoms with E-state index in [1.54, 1.807) is 7.11 Å². The standard InChI is InChI=1S/C17H24N2O2/c1-21-16-6-3-2-5-15(16)18-13-8-10-14(11-9-13)19-12-4-7-17(19)20/h8-11,15-16,18H,2-7,12H2,1H3. The molecule has 4 nitrogen and oxygen atoms in total. The van der Waals surface area contributed by atoms with Crippen LogP contribution in [-0.4, -0.2) is 31.7 Å². The van der Waals surface area contributed by atoms with E-state index < -0.39 is 0 Å². The molecule has 1 N–H and O–H groups in total. The van der Waals surface area contributed by atoms with Crippen LogP contribution in [0.4, 0.5) is 11.4 Å². The van der Waals surface area contributed by atoms with Gasteiger partial charge in [0.05, 0.1) is 12.1 Å². The van der Waals surface area contributed by atoms with Crippen LogP contribution < -0.4 is 10.2 Å². The first kappa shape index (κ1) is 14.4. The highest BCUT2D eigenvalue weighted by Crippen LogP contribution is 2.26. The Morgan fingerprint density at radius 3 is 2.57 bits per heavy atom. The van der Waals surface area contributed by atoms with E-state index in [1.807, 2.05) is 17.0 Å². The van der Waals surface area contributed by atoms with Gasteiger partial charge in [-0.25, -0.2) is 0 Å². The molecule has 2 unspecified atom stereocenters. The van der Waals surface area contributed by atoms with Crippen molar-refractivity contribution < 1.29 is 9.53 Å². The summed E-state index contributed by atoms with van der Waals surface area (Å²) in [4.78, 5) is 13.6. The molecular formula is C17H24N2O2.